The van der Waals surface area contributed by atoms with Crippen LogP contribution >= 0.6 is 0 Å². The molecule has 1 saturated carbocycles. The number of amides is 1. The molecule has 2 unspecified atom stereocenters. The molecule has 4 N–H and O–H groups in total. The van der Waals surface area contributed by atoms with E-state index >= 15 is 0 Å². The van der Waals surface area contributed by atoms with Gasteiger partial charge < -0.3 is 39.6 Å². The third-order valence-corrected chi connectivity index (χ3v) is 10.2. The number of aromatic amines is 1. The molecule has 3 aromatic carbocycles. The highest BCUT2D eigenvalue weighted by molar-refractivity contribution is 6.12. The van der Waals surface area contributed by atoms with Gasteiger partial charge in [-0.2, -0.15) is 5.10 Å². The number of benzene rings is 3. The fraction of sp³-hybridized carbons (Fsp3) is 0.275. The molecule has 12 nitrogen and oxygen atoms in total. The van der Waals surface area contributed by atoms with Gasteiger partial charge in [0.15, 0.2) is 18.2 Å². The van der Waals surface area contributed by atoms with E-state index in [9.17, 15) is 22.8 Å². The number of alkyl halides is 2. The van der Waals surface area contributed by atoms with E-state index in [1.54, 1.807) is 54.6 Å². The first-order chi connectivity index (χ1) is 26.6. The molecule has 0 spiro atoms. The monoisotopic (exact) mass is 754 g/mol. The predicted molar refractivity (Wildman–Crippen MR) is 197 cm³/mol. The number of halogens is 3. The Labute approximate surface area is 312 Å². The molecule has 6 aromatic rings. The number of furan rings is 1. The summed E-state index contributed by atoms with van der Waals surface area (Å²) in [6, 6.07) is 19.7. The lowest BCUT2D eigenvalue weighted by molar-refractivity contribution is 0.0821. The first-order valence-electron chi connectivity index (χ1n) is 17.8. The number of H-pyrrole nitrogens is 1. The van der Waals surface area contributed by atoms with Crippen molar-refractivity contribution in [2.24, 2.45) is 11.8 Å². The van der Waals surface area contributed by atoms with E-state index in [0.717, 1.165) is 18.4 Å². The van der Waals surface area contributed by atoms with E-state index in [1.165, 1.54) is 29.3 Å². The number of nitrogens with two attached hydrogens (primary N) is 1. The van der Waals surface area contributed by atoms with Gasteiger partial charge >= 0.3 is 6.09 Å². The van der Waals surface area contributed by atoms with Crippen molar-refractivity contribution in [3.05, 3.63) is 114 Å². The summed E-state index contributed by atoms with van der Waals surface area (Å²) < 4.78 is 64.1. The van der Waals surface area contributed by atoms with Crippen LogP contribution in [-0.2, 0) is 11.3 Å². The number of rotatable bonds is 12. The summed E-state index contributed by atoms with van der Waals surface area (Å²) in [6.45, 7) is 2.35. The van der Waals surface area contributed by atoms with Crippen molar-refractivity contribution in [3.63, 3.8) is 0 Å². The quantitative estimate of drug-likeness (QED) is 0.107. The van der Waals surface area contributed by atoms with Gasteiger partial charge in [-0.25, -0.2) is 22.6 Å². The van der Waals surface area contributed by atoms with Crippen molar-refractivity contribution in [2.45, 2.75) is 38.8 Å². The maximum absolute atomic E-state index is 14.1. The van der Waals surface area contributed by atoms with E-state index in [0.29, 0.717) is 46.9 Å². The molecule has 55 heavy (non-hydrogen) atoms. The van der Waals surface area contributed by atoms with Crippen molar-refractivity contribution in [2.75, 3.05) is 30.3 Å². The van der Waals surface area contributed by atoms with Crippen LogP contribution in [0.4, 0.5) is 29.5 Å². The van der Waals surface area contributed by atoms with Crippen molar-refractivity contribution >= 4 is 34.3 Å². The molecule has 2 aliphatic rings. The van der Waals surface area contributed by atoms with Gasteiger partial charge in [-0.1, -0.05) is 12.1 Å². The first-order valence-corrected chi connectivity index (χ1v) is 17.8. The van der Waals surface area contributed by atoms with E-state index in [4.69, 9.17) is 24.4 Å². The number of alkyl carbamates (subject to hydrolysis) is 1. The summed E-state index contributed by atoms with van der Waals surface area (Å²) in [5, 5.41) is 7.94. The number of aryl methyl sites for hydroxylation is 1. The summed E-state index contributed by atoms with van der Waals surface area (Å²) in [5.74, 6) is 1.07. The Morgan fingerprint density at radius 3 is 2.55 bits per heavy atom. The van der Waals surface area contributed by atoms with Crippen LogP contribution in [0.2, 0.25) is 0 Å². The van der Waals surface area contributed by atoms with Gasteiger partial charge in [-0.05, 0) is 97.8 Å². The van der Waals surface area contributed by atoms with Gasteiger partial charge in [0.1, 0.15) is 29.7 Å². The maximum Gasteiger partial charge on any atom is 0.407 e. The summed E-state index contributed by atoms with van der Waals surface area (Å²) in [7, 11) is 0. The minimum Gasteiger partial charge on any atom is -0.485 e. The average Bonchev–Trinajstić information content (AvgIpc) is 4.00. The molecule has 3 aromatic heterocycles. The second-order valence-corrected chi connectivity index (χ2v) is 13.9. The van der Waals surface area contributed by atoms with Crippen LogP contribution in [-0.4, -0.2) is 58.8 Å². The second-order valence-electron chi connectivity index (χ2n) is 13.9. The minimum atomic E-state index is -2.68. The fourth-order valence-electron chi connectivity index (χ4n) is 7.59. The average molecular weight is 755 g/mol. The van der Waals surface area contributed by atoms with E-state index in [2.05, 4.69) is 20.3 Å². The summed E-state index contributed by atoms with van der Waals surface area (Å²) in [6.07, 6.45) is 1.21. The van der Waals surface area contributed by atoms with Crippen LogP contribution in [0.15, 0.2) is 89.7 Å². The van der Waals surface area contributed by atoms with Crippen LogP contribution in [0.5, 0.6) is 17.2 Å². The lowest BCUT2D eigenvalue weighted by Crippen LogP contribution is -2.35. The number of hydrogen-bond donors (Lipinski definition) is 3. The van der Waals surface area contributed by atoms with Crippen LogP contribution in [0.3, 0.4) is 0 Å². The van der Waals surface area contributed by atoms with Crippen LogP contribution in [0.25, 0.3) is 16.6 Å². The number of anilines is 2. The highest BCUT2D eigenvalue weighted by Gasteiger charge is 2.42. The normalized spacial score (nSPS) is 17.8. The number of hydrogen-bond acceptors (Lipinski definition) is 9. The number of ketones is 1. The van der Waals surface area contributed by atoms with E-state index in [-0.39, 0.29) is 53.1 Å². The van der Waals surface area contributed by atoms with Crippen LogP contribution in [0.1, 0.15) is 40.2 Å². The van der Waals surface area contributed by atoms with Gasteiger partial charge in [0, 0.05) is 30.0 Å². The lowest BCUT2D eigenvalue weighted by atomic mass is 10.0. The van der Waals surface area contributed by atoms with Crippen molar-refractivity contribution in [3.8, 4) is 22.9 Å². The molecule has 0 radical (unpaired) electrons. The van der Waals surface area contributed by atoms with Gasteiger partial charge in [-0.3, -0.25) is 4.79 Å². The molecule has 8 rings (SSSR count). The molecule has 1 aliphatic carbocycles. The maximum atomic E-state index is 14.1. The Morgan fingerprint density at radius 2 is 1.82 bits per heavy atom. The zero-order valence-corrected chi connectivity index (χ0v) is 29.6. The molecule has 1 amide bonds. The molecule has 1 aliphatic heterocycles. The molecule has 2 fully saturated rings. The number of carbonyl (C=O) groups is 2. The molecular weight excluding hydrogens is 717 g/mol. The highest BCUT2D eigenvalue weighted by Crippen LogP contribution is 2.44. The molecule has 3 atom stereocenters. The van der Waals surface area contributed by atoms with Gasteiger partial charge in [-0.15, -0.1) is 0 Å². The van der Waals surface area contributed by atoms with E-state index in [1.807, 2.05) is 13.0 Å². The topological polar surface area (TPSA) is 150 Å². The Kier molecular flexibility index (Phi) is 9.59. The molecular formula is C40H37F3N6O6. The zero-order valence-electron chi connectivity index (χ0n) is 29.6. The Hall–Kier alpha value is -6.38. The third-order valence-electron chi connectivity index (χ3n) is 10.2. The largest absolute Gasteiger partial charge is 0.485 e. The number of ether oxygens (including phenoxy) is 3. The number of nitrogens with one attached hydrogen (secondary N) is 2. The van der Waals surface area contributed by atoms with Crippen LogP contribution in [0, 0.1) is 24.6 Å². The molecule has 284 valence electrons. The van der Waals surface area contributed by atoms with Crippen molar-refractivity contribution in [1.82, 2.24) is 20.1 Å². The summed E-state index contributed by atoms with van der Waals surface area (Å²) >= 11 is 0. The second kappa shape index (κ2) is 14.8. The Morgan fingerprint density at radius 1 is 1.02 bits per heavy atom. The van der Waals surface area contributed by atoms with Gasteiger partial charge in [0.2, 0.25) is 5.78 Å². The van der Waals surface area contributed by atoms with Gasteiger partial charge in [0.25, 0.3) is 6.43 Å². The number of nitrogen functional groups attached to an aromatic ring is 1. The number of aromatic nitrogens is 3. The van der Waals surface area contributed by atoms with Crippen LogP contribution < -0.4 is 25.4 Å². The highest BCUT2D eigenvalue weighted by atomic mass is 19.3. The zero-order chi connectivity index (χ0) is 38.2. The number of nitrogens with zero attached hydrogens (tertiary/aromatic N) is 3. The van der Waals surface area contributed by atoms with Gasteiger partial charge in [0.05, 0.1) is 35.1 Å². The molecule has 15 heteroatoms. The minimum absolute atomic E-state index is 0.0458. The standard InChI is InChI=1S/C40H37F3N6O6/c1-22-11-27(55-35-7-3-2-6-30(35)41)8-9-33(22)49-39(44)29(17-45-49)38(50)32-14-23-15-36(53-21-37(42)43)34(16-31(23)47-32)48-18-24-12-26(13-25(24)19-48)46-40(51)54-20-28-5-4-10-52-28/h2-11,14-17,24-26,37,47H,12-13,18-21,44H2,1H3,(H,46,51)/t24-,25?,26?/m0/s1. The lowest BCUT2D eigenvalue weighted by Gasteiger charge is -2.24. The Bertz CT molecular complexity index is 2340. The van der Waals surface area contributed by atoms with Crippen molar-refractivity contribution in [1.29, 1.82) is 0 Å². The molecule has 0 bridgehead atoms. The smallest absolute Gasteiger partial charge is 0.407 e. The predicted octanol–water partition coefficient (Wildman–Crippen LogP) is 7.78. The SMILES string of the molecule is Cc1cc(Oc2ccccc2F)ccc1-n1ncc(C(=O)c2cc3cc(OCC(F)F)c(N4CC5CC(NC(=O)OCc6ccco6)C[C@H]5C4)cc3[nH]2)c1N. The first kappa shape index (κ1) is 35.6. The fourth-order valence-corrected chi connectivity index (χ4v) is 7.59. The molecule has 1 saturated heterocycles. The number of para-hydroxylation sites is 1. The third kappa shape index (κ3) is 7.41. The molecule has 4 heterocycles. The summed E-state index contributed by atoms with van der Waals surface area (Å²) in [5.41, 5.74) is 9.45. The van der Waals surface area contributed by atoms with E-state index < -0.39 is 30.7 Å². The van der Waals surface area contributed by atoms with Crippen molar-refractivity contribution < 1.29 is 41.4 Å². The summed E-state index contributed by atoms with van der Waals surface area (Å²) in [4.78, 5) is 31.5. The Balaban J connectivity index is 0.976. The number of fused-ring (bicyclic) bond motifs is 2. The number of carbonyl (C=O) groups excluding carboxylic acids is 2.